The Balaban J connectivity index is 1.69. The number of nitrogens with one attached hydrogen (secondary N) is 2. The lowest BCUT2D eigenvalue weighted by Crippen LogP contribution is -2.24. The van der Waals surface area contributed by atoms with Gasteiger partial charge in [0.05, 0.1) is 0 Å². The topological polar surface area (TPSA) is 80.3 Å². The predicted molar refractivity (Wildman–Crippen MR) is 125 cm³/mol. The first kappa shape index (κ1) is 24.6. The Morgan fingerprint density at radius 2 is 1.76 bits per heavy atom. The molecule has 0 aliphatic carbocycles. The molecule has 0 aliphatic heterocycles. The fourth-order valence-corrected chi connectivity index (χ4v) is 3.18. The van der Waals surface area contributed by atoms with Crippen LogP contribution in [0.4, 0.5) is 8.78 Å². The fourth-order valence-electron chi connectivity index (χ4n) is 3.18. The number of aromatic nitrogens is 1. The Hall–Kier alpha value is -4.07. The molecular formula is C26H25F2N3O3. The van der Waals surface area contributed by atoms with Crippen molar-refractivity contribution in [3.05, 3.63) is 101 Å². The molecule has 34 heavy (non-hydrogen) atoms. The number of pyridine rings is 1. The molecule has 3 rings (SSSR count). The summed E-state index contributed by atoms with van der Waals surface area (Å²) >= 11 is 0. The van der Waals surface area contributed by atoms with Crippen LogP contribution in [0.15, 0.2) is 66.9 Å². The average molecular weight is 466 g/mol. The van der Waals surface area contributed by atoms with E-state index in [-0.39, 0.29) is 18.1 Å². The number of carbonyl (C=O) groups excluding carboxylic acids is 2. The van der Waals surface area contributed by atoms with Gasteiger partial charge in [0.2, 0.25) is 0 Å². The van der Waals surface area contributed by atoms with Crippen LogP contribution in [0, 0.1) is 18.6 Å². The molecule has 0 saturated heterocycles. The lowest BCUT2D eigenvalue weighted by atomic mass is 10.1. The van der Waals surface area contributed by atoms with Crippen LogP contribution >= 0.6 is 0 Å². The first-order valence-corrected chi connectivity index (χ1v) is 10.8. The van der Waals surface area contributed by atoms with Gasteiger partial charge in [-0.2, -0.15) is 0 Å². The van der Waals surface area contributed by atoms with Crippen molar-refractivity contribution < 1.29 is 23.1 Å². The zero-order chi connectivity index (χ0) is 24.5. The highest BCUT2D eigenvalue weighted by molar-refractivity contribution is 5.96. The van der Waals surface area contributed by atoms with E-state index in [2.05, 4.69) is 15.6 Å². The molecule has 1 aromatic heterocycles. The third kappa shape index (κ3) is 6.71. The summed E-state index contributed by atoms with van der Waals surface area (Å²) < 4.78 is 32.7. The van der Waals surface area contributed by atoms with E-state index in [0.717, 1.165) is 24.6 Å². The van der Waals surface area contributed by atoms with E-state index in [1.54, 1.807) is 31.2 Å². The van der Waals surface area contributed by atoms with E-state index in [1.165, 1.54) is 12.3 Å². The smallest absolute Gasteiger partial charge is 0.270 e. The Morgan fingerprint density at radius 3 is 2.50 bits per heavy atom. The molecule has 3 aromatic rings. The zero-order valence-electron chi connectivity index (χ0n) is 18.9. The van der Waals surface area contributed by atoms with Crippen molar-refractivity contribution in [2.45, 2.75) is 26.8 Å². The minimum Gasteiger partial charge on any atom is -0.457 e. The largest absolute Gasteiger partial charge is 0.457 e. The van der Waals surface area contributed by atoms with Crippen LogP contribution in [0.3, 0.4) is 0 Å². The van der Waals surface area contributed by atoms with Gasteiger partial charge in [-0.05, 0) is 49.2 Å². The summed E-state index contributed by atoms with van der Waals surface area (Å²) in [4.78, 5) is 29.1. The molecule has 2 amide bonds. The van der Waals surface area contributed by atoms with E-state index in [9.17, 15) is 18.4 Å². The van der Waals surface area contributed by atoms with Crippen LogP contribution in [0.5, 0.6) is 11.5 Å². The minimum absolute atomic E-state index is 0.0334. The second kappa shape index (κ2) is 11.7. The van der Waals surface area contributed by atoms with Gasteiger partial charge >= 0.3 is 0 Å². The van der Waals surface area contributed by atoms with Crippen LogP contribution in [0.25, 0.3) is 0 Å². The lowest BCUT2D eigenvalue weighted by Gasteiger charge is -2.13. The monoisotopic (exact) mass is 465 g/mol. The molecule has 0 atom stereocenters. The molecule has 6 nitrogen and oxygen atoms in total. The van der Waals surface area contributed by atoms with Gasteiger partial charge in [0.15, 0.2) is 0 Å². The predicted octanol–water partition coefficient (Wildman–Crippen LogP) is 5.09. The van der Waals surface area contributed by atoms with Gasteiger partial charge in [0, 0.05) is 42.5 Å². The van der Waals surface area contributed by atoms with E-state index in [1.807, 2.05) is 19.1 Å². The van der Waals surface area contributed by atoms with Crippen molar-refractivity contribution in [1.29, 1.82) is 0 Å². The molecule has 8 heteroatoms. The number of hydrogen-bond donors (Lipinski definition) is 2. The Labute approximate surface area is 196 Å². The second-order valence-electron chi connectivity index (χ2n) is 7.46. The molecule has 0 saturated carbocycles. The summed E-state index contributed by atoms with van der Waals surface area (Å²) in [6.07, 6.45) is 6.17. The molecule has 0 fully saturated rings. The van der Waals surface area contributed by atoms with Gasteiger partial charge in [-0.25, -0.2) is 8.78 Å². The van der Waals surface area contributed by atoms with Gasteiger partial charge < -0.3 is 15.4 Å². The molecule has 0 radical (unpaired) electrons. The zero-order valence-corrected chi connectivity index (χ0v) is 18.9. The maximum absolute atomic E-state index is 13.4. The summed E-state index contributed by atoms with van der Waals surface area (Å²) in [5.74, 6) is -1.35. The van der Waals surface area contributed by atoms with E-state index >= 15 is 0 Å². The van der Waals surface area contributed by atoms with Crippen LogP contribution in [-0.2, 0) is 6.54 Å². The molecule has 0 unspecified atom stereocenters. The Kier molecular flexibility index (Phi) is 8.45. The van der Waals surface area contributed by atoms with Crippen molar-refractivity contribution >= 4 is 11.8 Å². The SMILES string of the molecule is CC/C=C\CNC(=O)c1cc(Oc2cccc(C(=O)NCc3cc(F)cc(F)c3)c2C)ccn1. The average Bonchev–Trinajstić information content (AvgIpc) is 2.81. The van der Waals surface area contributed by atoms with E-state index < -0.39 is 17.5 Å². The minimum atomic E-state index is -0.710. The number of nitrogens with zero attached hydrogens (tertiary/aromatic N) is 1. The van der Waals surface area contributed by atoms with E-state index in [4.69, 9.17) is 4.74 Å². The molecule has 2 aromatic carbocycles. The van der Waals surface area contributed by atoms with Crippen molar-refractivity contribution in [2.24, 2.45) is 0 Å². The Morgan fingerprint density at radius 1 is 1.00 bits per heavy atom. The number of amides is 2. The van der Waals surface area contributed by atoms with Crippen molar-refractivity contribution in [3.63, 3.8) is 0 Å². The first-order chi connectivity index (χ1) is 16.4. The number of hydrogen-bond acceptors (Lipinski definition) is 4. The number of rotatable bonds is 9. The molecule has 0 aliphatic rings. The van der Waals surface area contributed by atoms with Crippen molar-refractivity contribution in [1.82, 2.24) is 15.6 Å². The van der Waals surface area contributed by atoms with Gasteiger partial charge in [0.1, 0.15) is 28.8 Å². The standard InChI is InChI=1S/C26H25F2N3O3/c1-3-4-5-10-30-26(33)23-15-21(9-11-29-23)34-24-8-6-7-22(17(24)2)25(32)31-16-18-12-19(27)14-20(28)13-18/h4-9,11-15H,3,10,16H2,1-2H3,(H,30,33)(H,31,32)/b5-4-. The second-order valence-corrected chi connectivity index (χ2v) is 7.46. The number of allylic oxidation sites excluding steroid dienone is 1. The third-order valence-corrected chi connectivity index (χ3v) is 4.88. The van der Waals surface area contributed by atoms with Crippen LogP contribution in [-0.4, -0.2) is 23.3 Å². The van der Waals surface area contributed by atoms with Crippen molar-refractivity contribution in [2.75, 3.05) is 6.54 Å². The number of halogens is 2. The van der Waals surface area contributed by atoms with Gasteiger partial charge in [-0.1, -0.05) is 25.1 Å². The first-order valence-electron chi connectivity index (χ1n) is 10.8. The normalized spacial score (nSPS) is 10.8. The molecule has 2 N–H and O–H groups in total. The molecule has 1 heterocycles. The highest BCUT2D eigenvalue weighted by Crippen LogP contribution is 2.27. The van der Waals surface area contributed by atoms with Crippen molar-refractivity contribution in [3.8, 4) is 11.5 Å². The summed E-state index contributed by atoms with van der Waals surface area (Å²) in [6, 6.07) is 11.2. The molecule has 0 spiro atoms. The van der Waals surface area contributed by atoms with Gasteiger partial charge in [0.25, 0.3) is 11.8 Å². The quantitative estimate of drug-likeness (QED) is 0.432. The molecule has 176 valence electrons. The number of ether oxygens (including phenoxy) is 1. The number of carbonyl (C=O) groups is 2. The van der Waals surface area contributed by atoms with Gasteiger partial charge in [-0.15, -0.1) is 0 Å². The Bertz CT molecular complexity index is 1190. The molecular weight excluding hydrogens is 440 g/mol. The maximum Gasteiger partial charge on any atom is 0.270 e. The summed E-state index contributed by atoms with van der Waals surface area (Å²) in [6.45, 7) is 4.10. The number of benzene rings is 2. The summed E-state index contributed by atoms with van der Waals surface area (Å²) in [5.41, 5.74) is 1.43. The van der Waals surface area contributed by atoms with Crippen LogP contribution < -0.4 is 15.4 Å². The van der Waals surface area contributed by atoms with Crippen LogP contribution in [0.1, 0.15) is 45.3 Å². The van der Waals surface area contributed by atoms with Crippen LogP contribution in [0.2, 0.25) is 0 Å². The fraction of sp³-hybridized carbons (Fsp3) is 0.192. The molecule has 0 bridgehead atoms. The highest BCUT2D eigenvalue weighted by atomic mass is 19.1. The maximum atomic E-state index is 13.4. The third-order valence-electron chi connectivity index (χ3n) is 4.88. The summed E-state index contributed by atoms with van der Waals surface area (Å²) in [7, 11) is 0. The lowest BCUT2D eigenvalue weighted by molar-refractivity contribution is 0.0943. The highest BCUT2D eigenvalue weighted by Gasteiger charge is 2.14. The summed E-state index contributed by atoms with van der Waals surface area (Å²) in [5, 5.41) is 5.41. The van der Waals surface area contributed by atoms with Gasteiger partial charge in [-0.3, -0.25) is 14.6 Å². The van der Waals surface area contributed by atoms with E-state index in [0.29, 0.717) is 34.7 Å².